The molecule has 2 atom stereocenters. The maximum Gasteiger partial charge on any atom is 0.420 e. The summed E-state index contributed by atoms with van der Waals surface area (Å²) in [6.07, 6.45) is -3.13. The van der Waals surface area contributed by atoms with E-state index in [0.29, 0.717) is 18.3 Å². The first-order chi connectivity index (χ1) is 13.2. The van der Waals surface area contributed by atoms with E-state index in [2.05, 4.69) is 45.4 Å². The van der Waals surface area contributed by atoms with Gasteiger partial charge in [-0.3, -0.25) is 0 Å². The number of rotatable bonds is 4. The molecule has 0 aliphatic carbocycles. The van der Waals surface area contributed by atoms with Gasteiger partial charge >= 0.3 is 6.18 Å². The van der Waals surface area contributed by atoms with E-state index in [4.69, 9.17) is 11.6 Å². The molecule has 0 radical (unpaired) electrons. The maximum absolute atomic E-state index is 12.8. The fourth-order valence-electron chi connectivity index (χ4n) is 3.46. The van der Waals surface area contributed by atoms with Crippen LogP contribution in [-0.2, 0) is 12.6 Å². The molecule has 2 N–H and O–H groups in total. The van der Waals surface area contributed by atoms with Gasteiger partial charge in [0.25, 0.3) is 0 Å². The van der Waals surface area contributed by atoms with Gasteiger partial charge in [0.15, 0.2) is 0 Å². The summed E-state index contributed by atoms with van der Waals surface area (Å²) in [6, 6.07) is 6.79. The molecule has 1 aromatic carbocycles. The first-order valence-corrected chi connectivity index (χ1v) is 9.55. The molecule has 1 saturated heterocycles. The smallest absolute Gasteiger partial charge is 0.368 e. The summed E-state index contributed by atoms with van der Waals surface area (Å²) < 4.78 is 38.4. The SMILES string of the molecule is CCc1cc(N2C[C@@H](C)N[C@@H](C)C2)ccc1Nc1ncc(C(F)(F)F)c(Cl)n1. The van der Waals surface area contributed by atoms with E-state index in [1.807, 2.05) is 19.1 Å². The van der Waals surface area contributed by atoms with Crippen LogP contribution in [0.3, 0.4) is 0 Å². The third kappa shape index (κ3) is 4.67. The van der Waals surface area contributed by atoms with E-state index in [-0.39, 0.29) is 5.95 Å². The first kappa shape index (κ1) is 20.7. The fraction of sp³-hybridized carbons (Fsp3) is 0.474. The van der Waals surface area contributed by atoms with Crippen LogP contribution in [0.15, 0.2) is 24.4 Å². The average Bonchev–Trinajstić information content (AvgIpc) is 2.60. The topological polar surface area (TPSA) is 53.1 Å². The molecule has 1 fully saturated rings. The monoisotopic (exact) mass is 413 g/mol. The van der Waals surface area contributed by atoms with Gasteiger partial charge in [0, 0.05) is 42.7 Å². The van der Waals surface area contributed by atoms with Crippen LogP contribution in [-0.4, -0.2) is 35.1 Å². The molecule has 0 unspecified atom stereocenters. The second kappa shape index (κ2) is 8.13. The number of alkyl halides is 3. The highest BCUT2D eigenvalue weighted by Gasteiger charge is 2.34. The van der Waals surface area contributed by atoms with E-state index < -0.39 is 16.9 Å². The van der Waals surface area contributed by atoms with Gasteiger partial charge in [-0.05, 0) is 44.0 Å². The zero-order valence-corrected chi connectivity index (χ0v) is 16.7. The number of hydrogen-bond acceptors (Lipinski definition) is 5. The van der Waals surface area contributed by atoms with Gasteiger partial charge in [0.1, 0.15) is 10.7 Å². The van der Waals surface area contributed by atoms with Gasteiger partial charge in [-0.1, -0.05) is 18.5 Å². The van der Waals surface area contributed by atoms with E-state index in [1.165, 1.54) is 0 Å². The minimum absolute atomic E-state index is 0.0323. The lowest BCUT2D eigenvalue weighted by atomic mass is 10.1. The Morgan fingerprint density at radius 3 is 2.50 bits per heavy atom. The normalized spacial score (nSPS) is 20.3. The Balaban J connectivity index is 1.82. The lowest BCUT2D eigenvalue weighted by Crippen LogP contribution is -2.54. The van der Waals surface area contributed by atoms with Crippen LogP contribution in [0.2, 0.25) is 5.15 Å². The highest BCUT2D eigenvalue weighted by Crippen LogP contribution is 2.34. The summed E-state index contributed by atoms with van der Waals surface area (Å²) >= 11 is 5.68. The minimum atomic E-state index is -4.58. The quantitative estimate of drug-likeness (QED) is 0.715. The first-order valence-electron chi connectivity index (χ1n) is 9.18. The number of aromatic nitrogens is 2. The van der Waals surface area contributed by atoms with Crippen LogP contribution in [0.1, 0.15) is 31.9 Å². The number of benzene rings is 1. The third-order valence-electron chi connectivity index (χ3n) is 4.69. The molecular weight excluding hydrogens is 391 g/mol. The zero-order valence-electron chi connectivity index (χ0n) is 15.9. The van der Waals surface area contributed by atoms with Crippen molar-refractivity contribution in [2.24, 2.45) is 0 Å². The zero-order chi connectivity index (χ0) is 20.5. The minimum Gasteiger partial charge on any atom is -0.368 e. The molecule has 3 rings (SSSR count). The summed E-state index contributed by atoms with van der Waals surface area (Å²) in [5, 5.41) is 5.87. The standard InChI is InChI=1S/C19H23ClF3N5/c1-4-13-7-14(28-9-11(2)25-12(3)10-28)5-6-16(13)26-18-24-8-15(17(20)27-18)19(21,22)23/h5-8,11-12,25H,4,9-10H2,1-3H3,(H,24,26,27)/t11-,12+. The Hall–Kier alpha value is -2.06. The van der Waals surface area contributed by atoms with Crippen LogP contribution in [0.5, 0.6) is 0 Å². The van der Waals surface area contributed by atoms with Crippen molar-refractivity contribution in [3.8, 4) is 0 Å². The number of piperazine rings is 1. The lowest BCUT2D eigenvalue weighted by Gasteiger charge is -2.38. The molecule has 28 heavy (non-hydrogen) atoms. The third-order valence-corrected chi connectivity index (χ3v) is 4.97. The molecule has 2 heterocycles. The molecule has 1 aliphatic heterocycles. The Bertz CT molecular complexity index is 833. The summed E-state index contributed by atoms with van der Waals surface area (Å²) in [5.41, 5.74) is 1.84. The van der Waals surface area contributed by atoms with E-state index in [9.17, 15) is 13.2 Å². The maximum atomic E-state index is 12.8. The molecule has 5 nitrogen and oxygen atoms in total. The second-order valence-corrected chi connectivity index (χ2v) is 7.45. The number of halogens is 4. The number of anilines is 3. The second-order valence-electron chi connectivity index (χ2n) is 7.09. The molecule has 0 saturated carbocycles. The van der Waals surface area contributed by atoms with Gasteiger partial charge < -0.3 is 15.5 Å². The molecule has 1 aromatic heterocycles. The lowest BCUT2D eigenvalue weighted by molar-refractivity contribution is -0.137. The van der Waals surface area contributed by atoms with Crippen molar-refractivity contribution in [3.63, 3.8) is 0 Å². The Morgan fingerprint density at radius 1 is 1.25 bits per heavy atom. The number of aryl methyl sites for hydroxylation is 1. The van der Waals surface area contributed by atoms with Crippen molar-refractivity contribution in [2.45, 2.75) is 45.5 Å². The van der Waals surface area contributed by atoms with E-state index >= 15 is 0 Å². The predicted molar refractivity (Wildman–Crippen MR) is 105 cm³/mol. The molecule has 0 bridgehead atoms. The Kier molecular flexibility index (Phi) is 6.00. The van der Waals surface area contributed by atoms with Gasteiger partial charge in [0.2, 0.25) is 5.95 Å². The van der Waals surface area contributed by atoms with Crippen molar-refractivity contribution >= 4 is 28.9 Å². The molecular formula is C19H23ClF3N5. The van der Waals surface area contributed by atoms with Crippen LogP contribution >= 0.6 is 11.6 Å². The molecule has 0 spiro atoms. The van der Waals surface area contributed by atoms with Gasteiger partial charge in [0.05, 0.1) is 0 Å². The van der Waals surface area contributed by atoms with Crippen molar-refractivity contribution in [2.75, 3.05) is 23.3 Å². The van der Waals surface area contributed by atoms with Crippen molar-refractivity contribution in [1.29, 1.82) is 0 Å². The van der Waals surface area contributed by atoms with Crippen molar-refractivity contribution in [1.82, 2.24) is 15.3 Å². The van der Waals surface area contributed by atoms with Gasteiger partial charge in [-0.25, -0.2) is 9.97 Å². The highest BCUT2D eigenvalue weighted by atomic mass is 35.5. The fourth-order valence-corrected chi connectivity index (χ4v) is 3.70. The van der Waals surface area contributed by atoms with Crippen LogP contribution in [0.4, 0.5) is 30.5 Å². The molecule has 1 aliphatic rings. The van der Waals surface area contributed by atoms with Crippen LogP contribution in [0.25, 0.3) is 0 Å². The Labute approximate surface area is 167 Å². The van der Waals surface area contributed by atoms with Crippen LogP contribution in [0, 0.1) is 0 Å². The molecule has 152 valence electrons. The number of nitrogens with one attached hydrogen (secondary N) is 2. The molecule has 0 amide bonds. The summed E-state index contributed by atoms with van der Waals surface area (Å²) in [4.78, 5) is 9.84. The Morgan fingerprint density at radius 2 is 1.93 bits per heavy atom. The number of nitrogens with zero attached hydrogens (tertiary/aromatic N) is 3. The average molecular weight is 414 g/mol. The van der Waals surface area contributed by atoms with E-state index in [1.54, 1.807) is 0 Å². The van der Waals surface area contributed by atoms with Gasteiger partial charge in [-0.15, -0.1) is 0 Å². The van der Waals surface area contributed by atoms with Crippen molar-refractivity contribution < 1.29 is 13.2 Å². The summed E-state index contributed by atoms with van der Waals surface area (Å²) in [7, 11) is 0. The van der Waals surface area contributed by atoms with E-state index in [0.717, 1.165) is 36.4 Å². The molecule has 2 aromatic rings. The van der Waals surface area contributed by atoms with Gasteiger partial charge in [-0.2, -0.15) is 13.2 Å². The highest BCUT2D eigenvalue weighted by molar-refractivity contribution is 6.30. The number of hydrogen-bond donors (Lipinski definition) is 2. The predicted octanol–water partition coefficient (Wildman–Crippen LogP) is 4.64. The van der Waals surface area contributed by atoms with Crippen LogP contribution < -0.4 is 15.5 Å². The summed E-state index contributed by atoms with van der Waals surface area (Å²) in [5.74, 6) is 0.0323. The largest absolute Gasteiger partial charge is 0.420 e. The van der Waals surface area contributed by atoms with Crippen molar-refractivity contribution in [3.05, 3.63) is 40.7 Å². The summed E-state index contributed by atoms with van der Waals surface area (Å²) in [6.45, 7) is 8.17. The molecule has 9 heteroatoms.